The van der Waals surface area contributed by atoms with Crippen molar-refractivity contribution in [2.45, 2.75) is 180 Å². The Hall–Kier alpha value is -3.10. The molecule has 53 heavy (non-hydrogen) atoms. The molecule has 0 aromatic carbocycles. The molecule has 0 radical (unpaired) electrons. The maximum Gasteiger partial charge on any atom is 0.231 e. The van der Waals surface area contributed by atoms with Gasteiger partial charge in [0.1, 0.15) is 5.82 Å². The average Bonchev–Trinajstić information content (AvgIpc) is 2.97. The summed E-state index contributed by atoms with van der Waals surface area (Å²) in [7, 11) is 8.35. The summed E-state index contributed by atoms with van der Waals surface area (Å²) in [4.78, 5) is 38.5. The van der Waals surface area contributed by atoms with E-state index in [9.17, 15) is 0 Å². The third-order valence-corrected chi connectivity index (χ3v) is 11.2. The third kappa shape index (κ3) is 10.4. The lowest BCUT2D eigenvalue weighted by molar-refractivity contribution is 0.159. The predicted octanol–water partition coefficient (Wildman–Crippen LogP) is 5.11. The van der Waals surface area contributed by atoms with Crippen molar-refractivity contribution in [2.24, 2.45) is 0 Å². The molecule has 2 aromatic rings. The van der Waals surface area contributed by atoms with Crippen molar-refractivity contribution in [3.05, 3.63) is 5.82 Å². The van der Waals surface area contributed by atoms with Gasteiger partial charge in [-0.2, -0.15) is 29.9 Å². The maximum absolute atomic E-state index is 5.16. The number of hydrogen-bond donors (Lipinski definition) is 4. The third-order valence-electron chi connectivity index (χ3n) is 11.2. The molecule has 0 atom stereocenters. The van der Waals surface area contributed by atoms with Gasteiger partial charge in [-0.05, 0) is 129 Å². The zero-order valence-electron chi connectivity index (χ0n) is 36.2. The second-order valence-electron chi connectivity index (χ2n) is 20.5. The summed E-state index contributed by atoms with van der Waals surface area (Å²) in [5.74, 6) is 3.84. The van der Waals surface area contributed by atoms with E-state index in [1.807, 2.05) is 18.9 Å². The van der Waals surface area contributed by atoms with Gasteiger partial charge in [-0.1, -0.05) is 0 Å². The highest BCUT2D eigenvalue weighted by atomic mass is 15.4. The van der Waals surface area contributed by atoms with Gasteiger partial charge < -0.3 is 40.9 Å². The summed E-state index contributed by atoms with van der Waals surface area (Å²) in [6.07, 6.45) is 5.91. The van der Waals surface area contributed by atoms with Crippen LogP contribution in [-0.2, 0) is 0 Å². The van der Waals surface area contributed by atoms with E-state index in [2.05, 4.69) is 140 Å². The van der Waals surface area contributed by atoms with Crippen molar-refractivity contribution in [1.82, 2.24) is 45.9 Å². The Morgan fingerprint density at radius 1 is 0.472 bits per heavy atom. The number of hydrogen-bond acceptors (Lipinski definition) is 14. The maximum atomic E-state index is 5.16. The van der Waals surface area contributed by atoms with Gasteiger partial charge in [0.2, 0.25) is 29.7 Å². The van der Waals surface area contributed by atoms with E-state index in [4.69, 9.17) is 29.9 Å². The Morgan fingerprint density at radius 2 is 0.755 bits per heavy atom. The highest BCUT2D eigenvalue weighted by Gasteiger charge is 2.43. The lowest BCUT2D eigenvalue weighted by atomic mass is 9.79. The monoisotopic (exact) mass is 737 g/mol. The first kappa shape index (κ1) is 41.1. The Kier molecular flexibility index (Phi) is 11.0. The standard InChI is InChI=1S/C39H72N14/c1-25-41-30(45-31(42-25)51(15)26-18-34(2,3)47-35(4,5)19-26)50(14)24-40-29-43-32(52(16)27-20-36(6,7)48-37(8,9)21-27)46-33(44-29)53(17)28-22-38(10,11)49-39(12,13)23-28/h26-28,47-49H,18-24H2,1-17H3,(H,40,43,44,46). The van der Waals surface area contributed by atoms with Crippen LogP contribution in [0.4, 0.5) is 29.7 Å². The molecule has 0 bridgehead atoms. The summed E-state index contributed by atoms with van der Waals surface area (Å²) < 4.78 is 0. The molecule has 5 heterocycles. The first-order valence-corrected chi connectivity index (χ1v) is 19.6. The topological polar surface area (TPSA) is 138 Å². The largest absolute Gasteiger partial charge is 0.341 e. The van der Waals surface area contributed by atoms with Crippen molar-refractivity contribution in [1.29, 1.82) is 0 Å². The zero-order chi connectivity index (χ0) is 39.5. The number of nitrogens with one attached hydrogen (secondary N) is 4. The SMILES string of the molecule is Cc1nc(N(C)CNc2nc(N(C)C3CC(C)(C)NC(C)(C)C3)nc(N(C)C3CC(C)(C)NC(C)(C)C3)n2)nc(N(C)C2CC(C)(C)NC(C)(C)C2)n1. The molecule has 0 amide bonds. The van der Waals surface area contributed by atoms with Gasteiger partial charge in [0.15, 0.2) is 0 Å². The van der Waals surface area contributed by atoms with E-state index < -0.39 is 0 Å². The summed E-state index contributed by atoms with van der Waals surface area (Å²) in [6, 6.07) is 0.810. The number of rotatable bonds is 10. The van der Waals surface area contributed by atoms with Gasteiger partial charge in [-0.25, -0.2) is 0 Å². The van der Waals surface area contributed by atoms with Crippen LogP contribution in [0.15, 0.2) is 0 Å². The molecule has 4 N–H and O–H groups in total. The Morgan fingerprint density at radius 3 is 1.09 bits per heavy atom. The molecule has 2 aromatic heterocycles. The fourth-order valence-electron chi connectivity index (χ4n) is 9.91. The van der Waals surface area contributed by atoms with Crippen LogP contribution in [0.25, 0.3) is 0 Å². The summed E-state index contributed by atoms with van der Waals surface area (Å²) in [5.41, 5.74) is -0.0362. The van der Waals surface area contributed by atoms with Crippen molar-refractivity contribution >= 4 is 29.7 Å². The molecule has 298 valence electrons. The molecule has 3 fully saturated rings. The van der Waals surface area contributed by atoms with Crippen LogP contribution >= 0.6 is 0 Å². The van der Waals surface area contributed by atoms with E-state index in [0.717, 1.165) is 38.5 Å². The number of nitrogens with zero attached hydrogens (tertiary/aromatic N) is 10. The van der Waals surface area contributed by atoms with Gasteiger partial charge in [-0.15, -0.1) is 0 Å². The van der Waals surface area contributed by atoms with Crippen LogP contribution in [0.3, 0.4) is 0 Å². The summed E-state index contributed by atoms with van der Waals surface area (Å²) in [6.45, 7) is 29.7. The lowest BCUT2D eigenvalue weighted by Crippen LogP contribution is -2.62. The van der Waals surface area contributed by atoms with Crippen molar-refractivity contribution in [2.75, 3.05) is 59.8 Å². The van der Waals surface area contributed by atoms with Gasteiger partial charge in [0.25, 0.3) is 0 Å². The minimum absolute atomic E-state index is 0.0112. The molecule has 3 saturated heterocycles. The predicted molar refractivity (Wildman–Crippen MR) is 219 cm³/mol. The highest BCUT2D eigenvalue weighted by Crippen LogP contribution is 2.36. The van der Waals surface area contributed by atoms with E-state index >= 15 is 0 Å². The number of piperidine rings is 3. The molecule has 0 saturated carbocycles. The number of anilines is 5. The van der Waals surface area contributed by atoms with Gasteiger partial charge in [0.05, 0.1) is 6.67 Å². The molecule has 0 spiro atoms. The molecule has 14 nitrogen and oxygen atoms in total. The van der Waals surface area contributed by atoms with Crippen molar-refractivity contribution in [3.63, 3.8) is 0 Å². The van der Waals surface area contributed by atoms with Crippen LogP contribution in [-0.4, -0.2) is 116 Å². The molecule has 0 aliphatic carbocycles. The van der Waals surface area contributed by atoms with E-state index in [1.165, 1.54) is 0 Å². The van der Waals surface area contributed by atoms with Gasteiger partial charge in [0, 0.05) is 79.5 Å². The lowest BCUT2D eigenvalue weighted by Gasteiger charge is -2.49. The number of aromatic nitrogens is 6. The van der Waals surface area contributed by atoms with Crippen molar-refractivity contribution in [3.8, 4) is 0 Å². The fourth-order valence-corrected chi connectivity index (χ4v) is 9.91. The molecule has 5 rings (SSSR count). The van der Waals surface area contributed by atoms with Crippen LogP contribution in [0, 0.1) is 6.92 Å². The number of aryl methyl sites for hydroxylation is 1. The first-order chi connectivity index (χ1) is 24.1. The molecule has 3 aliphatic heterocycles. The fraction of sp³-hybridized carbons (Fsp3) is 0.846. The first-order valence-electron chi connectivity index (χ1n) is 19.6. The quantitative estimate of drug-likeness (QED) is 0.241. The highest BCUT2D eigenvalue weighted by molar-refractivity contribution is 5.47. The summed E-state index contributed by atoms with van der Waals surface area (Å²) >= 11 is 0. The molecular weight excluding hydrogens is 665 g/mol. The molecular formula is C39H72N14. The minimum Gasteiger partial charge on any atom is -0.341 e. The van der Waals surface area contributed by atoms with E-state index in [-0.39, 0.29) is 45.3 Å². The molecule has 14 heteroatoms. The second kappa shape index (κ2) is 14.2. The molecule has 0 unspecified atom stereocenters. The van der Waals surface area contributed by atoms with Crippen LogP contribution in [0.1, 0.15) is 127 Å². The second-order valence-corrected chi connectivity index (χ2v) is 20.5. The van der Waals surface area contributed by atoms with E-state index in [0.29, 0.717) is 48.3 Å². The van der Waals surface area contributed by atoms with Crippen molar-refractivity contribution < 1.29 is 0 Å². The van der Waals surface area contributed by atoms with Crippen LogP contribution < -0.4 is 40.9 Å². The molecule has 3 aliphatic rings. The normalized spacial score (nSPS) is 23.6. The Balaban J connectivity index is 1.41. The average molecular weight is 737 g/mol. The van der Waals surface area contributed by atoms with Crippen LogP contribution in [0.5, 0.6) is 0 Å². The smallest absolute Gasteiger partial charge is 0.231 e. The van der Waals surface area contributed by atoms with Gasteiger partial charge in [-0.3, -0.25) is 0 Å². The Bertz CT molecular complexity index is 1490. The zero-order valence-corrected chi connectivity index (χ0v) is 36.2. The summed E-state index contributed by atoms with van der Waals surface area (Å²) in [5, 5.41) is 15.0. The Labute approximate surface area is 320 Å². The van der Waals surface area contributed by atoms with Gasteiger partial charge >= 0.3 is 0 Å². The minimum atomic E-state index is -0.0146. The van der Waals surface area contributed by atoms with Crippen LogP contribution in [0.2, 0.25) is 0 Å². The van der Waals surface area contributed by atoms with E-state index in [1.54, 1.807) is 0 Å².